The van der Waals surface area contributed by atoms with Crippen LogP contribution in [-0.2, 0) is 19.5 Å². The minimum Gasteiger partial charge on any atom is -0.353 e. The minimum atomic E-state index is -3.88. The van der Waals surface area contributed by atoms with Crippen LogP contribution in [-0.4, -0.2) is 39.4 Å². The van der Waals surface area contributed by atoms with Gasteiger partial charge in [-0.25, -0.2) is 13.1 Å². The molecule has 8 nitrogen and oxygen atoms in total. The van der Waals surface area contributed by atoms with Crippen LogP contribution in [0.2, 0.25) is 0 Å². The Morgan fingerprint density at radius 1 is 1.19 bits per heavy atom. The first-order chi connectivity index (χ1) is 12.5. The zero-order valence-corrected chi connectivity index (χ0v) is 15.6. The SMILES string of the molecule is O=[N+]([O-])c1ccccc1S(=O)(=O)NCCCCCCOC1CCCCO1. The summed E-state index contributed by atoms with van der Waals surface area (Å²) in [6.07, 6.45) is 6.47. The van der Waals surface area contributed by atoms with Gasteiger partial charge in [0.1, 0.15) is 0 Å². The third-order valence-corrected chi connectivity index (χ3v) is 5.66. The van der Waals surface area contributed by atoms with Crippen LogP contribution >= 0.6 is 0 Å². The molecular weight excluding hydrogens is 360 g/mol. The molecule has 146 valence electrons. The van der Waals surface area contributed by atoms with E-state index in [1.807, 2.05) is 0 Å². The van der Waals surface area contributed by atoms with Gasteiger partial charge in [0.25, 0.3) is 5.69 Å². The number of unbranched alkanes of at least 4 members (excludes halogenated alkanes) is 3. The largest absolute Gasteiger partial charge is 0.353 e. The fraction of sp³-hybridized carbons (Fsp3) is 0.647. The predicted octanol–water partition coefficient (Wildman–Crippen LogP) is 2.98. The van der Waals surface area contributed by atoms with Gasteiger partial charge in [0, 0.05) is 25.8 Å². The smallest absolute Gasteiger partial charge is 0.289 e. The molecule has 1 aliphatic rings. The van der Waals surface area contributed by atoms with E-state index in [2.05, 4.69) is 4.72 Å². The number of nitrogens with one attached hydrogen (secondary N) is 1. The van der Waals surface area contributed by atoms with E-state index in [-0.39, 0.29) is 17.7 Å². The van der Waals surface area contributed by atoms with Crippen molar-refractivity contribution in [2.75, 3.05) is 19.8 Å². The minimum absolute atomic E-state index is 0.0720. The van der Waals surface area contributed by atoms with Gasteiger partial charge in [-0.05, 0) is 38.2 Å². The molecular formula is C17H26N2O6S. The summed E-state index contributed by atoms with van der Waals surface area (Å²) in [7, 11) is -3.88. The standard InChI is InChI=1S/C17H26N2O6S/c20-19(21)15-9-3-4-10-16(15)26(22,23)18-12-6-1-2-7-13-24-17-11-5-8-14-25-17/h3-4,9-10,17-18H,1-2,5-8,11-14H2. The number of rotatable bonds is 11. The number of hydrogen-bond acceptors (Lipinski definition) is 6. The fourth-order valence-corrected chi connectivity index (χ4v) is 4.00. The number of sulfonamides is 1. The molecule has 1 atom stereocenters. The molecule has 0 aromatic heterocycles. The van der Waals surface area contributed by atoms with Crippen molar-refractivity contribution < 1.29 is 22.8 Å². The second kappa shape index (κ2) is 10.6. The van der Waals surface area contributed by atoms with Gasteiger partial charge in [-0.15, -0.1) is 0 Å². The summed E-state index contributed by atoms with van der Waals surface area (Å²) in [5.74, 6) is 0. The summed E-state index contributed by atoms with van der Waals surface area (Å²) < 4.78 is 38.0. The first kappa shape index (κ1) is 20.8. The quantitative estimate of drug-likeness (QED) is 0.356. The molecule has 1 fully saturated rings. The number of benzene rings is 1. The van der Waals surface area contributed by atoms with Crippen molar-refractivity contribution in [3.63, 3.8) is 0 Å². The summed E-state index contributed by atoms with van der Waals surface area (Å²) in [4.78, 5) is 9.96. The van der Waals surface area contributed by atoms with Gasteiger partial charge in [0.05, 0.1) is 4.92 Å². The van der Waals surface area contributed by atoms with Gasteiger partial charge < -0.3 is 9.47 Å². The number of ether oxygens (including phenoxy) is 2. The van der Waals surface area contributed by atoms with Crippen LogP contribution in [0.3, 0.4) is 0 Å². The van der Waals surface area contributed by atoms with Gasteiger partial charge in [0.15, 0.2) is 11.2 Å². The second-order valence-electron chi connectivity index (χ2n) is 6.20. The van der Waals surface area contributed by atoms with Gasteiger partial charge >= 0.3 is 0 Å². The van der Waals surface area contributed by atoms with Crippen LogP contribution in [0.1, 0.15) is 44.9 Å². The molecule has 1 N–H and O–H groups in total. The first-order valence-corrected chi connectivity index (χ1v) is 10.5. The van der Waals surface area contributed by atoms with Crippen LogP contribution in [0, 0.1) is 10.1 Å². The lowest BCUT2D eigenvalue weighted by molar-refractivity contribution is -0.387. The number of para-hydroxylation sites is 1. The molecule has 1 heterocycles. The van der Waals surface area contributed by atoms with E-state index >= 15 is 0 Å². The lowest BCUT2D eigenvalue weighted by Gasteiger charge is -2.22. The summed E-state index contributed by atoms with van der Waals surface area (Å²) in [6, 6.07) is 5.34. The Morgan fingerprint density at radius 2 is 1.96 bits per heavy atom. The Kier molecular flexibility index (Phi) is 8.43. The van der Waals surface area contributed by atoms with Gasteiger partial charge in [-0.1, -0.05) is 25.0 Å². The highest BCUT2D eigenvalue weighted by atomic mass is 32.2. The van der Waals surface area contributed by atoms with Crippen LogP contribution in [0.25, 0.3) is 0 Å². The van der Waals surface area contributed by atoms with E-state index < -0.39 is 20.6 Å². The highest BCUT2D eigenvalue weighted by Crippen LogP contribution is 2.22. The third kappa shape index (κ3) is 6.64. The average molecular weight is 386 g/mol. The normalized spacial score (nSPS) is 17.9. The molecule has 1 unspecified atom stereocenters. The molecule has 0 amide bonds. The third-order valence-electron chi connectivity index (χ3n) is 4.16. The van der Waals surface area contributed by atoms with Crippen LogP contribution < -0.4 is 4.72 Å². The van der Waals surface area contributed by atoms with Crippen molar-refractivity contribution in [3.05, 3.63) is 34.4 Å². The van der Waals surface area contributed by atoms with Crippen LogP contribution in [0.5, 0.6) is 0 Å². The Balaban J connectivity index is 1.62. The Hall–Kier alpha value is -1.55. The molecule has 0 radical (unpaired) electrons. The molecule has 1 aromatic rings. The van der Waals surface area contributed by atoms with E-state index in [1.54, 1.807) is 0 Å². The maximum absolute atomic E-state index is 12.2. The predicted molar refractivity (Wildman–Crippen MR) is 96.3 cm³/mol. The molecule has 2 rings (SSSR count). The number of hydrogen-bond donors (Lipinski definition) is 1. The molecule has 0 spiro atoms. The molecule has 1 aromatic carbocycles. The van der Waals surface area contributed by atoms with Crippen molar-refractivity contribution in [3.8, 4) is 0 Å². The average Bonchev–Trinajstić information content (AvgIpc) is 2.64. The van der Waals surface area contributed by atoms with Crippen molar-refractivity contribution in [2.24, 2.45) is 0 Å². The Bertz CT molecular complexity index is 674. The van der Waals surface area contributed by atoms with E-state index in [1.165, 1.54) is 24.3 Å². The van der Waals surface area contributed by atoms with E-state index in [9.17, 15) is 18.5 Å². The summed E-state index contributed by atoms with van der Waals surface area (Å²) >= 11 is 0. The highest BCUT2D eigenvalue weighted by molar-refractivity contribution is 7.89. The first-order valence-electron chi connectivity index (χ1n) is 8.97. The summed E-state index contributed by atoms with van der Waals surface area (Å²) in [6.45, 7) is 1.66. The Morgan fingerprint density at radius 3 is 2.69 bits per heavy atom. The molecule has 1 saturated heterocycles. The molecule has 0 aliphatic carbocycles. The lowest BCUT2D eigenvalue weighted by Crippen LogP contribution is -2.25. The lowest BCUT2D eigenvalue weighted by atomic mass is 10.2. The van der Waals surface area contributed by atoms with Crippen molar-refractivity contribution in [1.82, 2.24) is 4.72 Å². The zero-order chi connectivity index (χ0) is 18.8. The summed E-state index contributed by atoms with van der Waals surface area (Å²) in [5, 5.41) is 11.0. The summed E-state index contributed by atoms with van der Waals surface area (Å²) in [5.41, 5.74) is -0.415. The molecule has 0 bridgehead atoms. The van der Waals surface area contributed by atoms with Gasteiger partial charge in [0.2, 0.25) is 10.0 Å². The van der Waals surface area contributed by atoms with Gasteiger partial charge in [-0.2, -0.15) is 0 Å². The number of nitro groups is 1. The molecule has 26 heavy (non-hydrogen) atoms. The van der Waals surface area contributed by atoms with Crippen molar-refractivity contribution in [2.45, 2.75) is 56.1 Å². The van der Waals surface area contributed by atoms with E-state index in [0.29, 0.717) is 13.0 Å². The van der Waals surface area contributed by atoms with Crippen molar-refractivity contribution >= 4 is 15.7 Å². The molecule has 9 heteroatoms. The Labute approximate surface area is 154 Å². The second-order valence-corrected chi connectivity index (χ2v) is 7.94. The van der Waals surface area contributed by atoms with Crippen LogP contribution in [0.15, 0.2) is 29.2 Å². The number of nitro benzene ring substituents is 1. The zero-order valence-electron chi connectivity index (χ0n) is 14.8. The van der Waals surface area contributed by atoms with E-state index in [0.717, 1.165) is 45.1 Å². The van der Waals surface area contributed by atoms with Crippen LogP contribution in [0.4, 0.5) is 5.69 Å². The van der Waals surface area contributed by atoms with Gasteiger partial charge in [-0.3, -0.25) is 10.1 Å². The topological polar surface area (TPSA) is 108 Å². The maximum Gasteiger partial charge on any atom is 0.289 e. The number of nitrogens with zero attached hydrogens (tertiary/aromatic N) is 1. The molecule has 0 saturated carbocycles. The molecule has 1 aliphatic heterocycles. The monoisotopic (exact) mass is 386 g/mol. The highest BCUT2D eigenvalue weighted by Gasteiger charge is 2.24. The maximum atomic E-state index is 12.2. The fourth-order valence-electron chi connectivity index (χ4n) is 2.76. The van der Waals surface area contributed by atoms with E-state index in [4.69, 9.17) is 9.47 Å². The van der Waals surface area contributed by atoms with Crippen molar-refractivity contribution in [1.29, 1.82) is 0 Å².